The molecule has 0 bridgehead atoms. The number of hydrogen-bond donors (Lipinski definition) is 2. The highest BCUT2D eigenvalue weighted by atomic mass is 16.6. The topological polar surface area (TPSA) is 87.7 Å². The number of amides is 3. The lowest BCUT2D eigenvalue weighted by molar-refractivity contribution is -0.141. The van der Waals surface area contributed by atoms with Crippen molar-refractivity contribution in [3.63, 3.8) is 0 Å². The van der Waals surface area contributed by atoms with Crippen molar-refractivity contribution in [1.29, 1.82) is 0 Å². The van der Waals surface area contributed by atoms with Crippen LogP contribution in [-0.4, -0.2) is 47.0 Å². The molecule has 1 aliphatic rings. The van der Waals surface area contributed by atoms with Crippen molar-refractivity contribution in [2.45, 2.75) is 84.5 Å². The third-order valence-corrected chi connectivity index (χ3v) is 5.25. The molecule has 4 unspecified atom stereocenters. The molecular weight excluding hydrogens is 394 g/mol. The Morgan fingerprint density at radius 1 is 1.19 bits per heavy atom. The number of carbonyl (C=O) groups is 3. The number of nitrogens with one attached hydrogen (secondary N) is 2. The molecule has 7 nitrogen and oxygen atoms in total. The van der Waals surface area contributed by atoms with Crippen LogP contribution in [0.2, 0.25) is 0 Å². The summed E-state index contributed by atoms with van der Waals surface area (Å²) in [6.07, 6.45) is 2.00. The van der Waals surface area contributed by atoms with Crippen LogP contribution in [0, 0.1) is 5.92 Å². The number of benzene rings is 1. The van der Waals surface area contributed by atoms with Gasteiger partial charge in [0.25, 0.3) is 0 Å². The van der Waals surface area contributed by atoms with Crippen molar-refractivity contribution in [3.05, 3.63) is 35.9 Å². The quantitative estimate of drug-likeness (QED) is 0.623. The van der Waals surface area contributed by atoms with Gasteiger partial charge in [-0.25, -0.2) is 4.79 Å². The van der Waals surface area contributed by atoms with Gasteiger partial charge in [0.1, 0.15) is 18.2 Å². The van der Waals surface area contributed by atoms with E-state index >= 15 is 0 Å². The van der Waals surface area contributed by atoms with Crippen LogP contribution in [0.4, 0.5) is 4.79 Å². The monoisotopic (exact) mass is 431 g/mol. The second kappa shape index (κ2) is 10.6. The van der Waals surface area contributed by atoms with Gasteiger partial charge in [-0.15, -0.1) is 0 Å². The van der Waals surface area contributed by atoms with Crippen molar-refractivity contribution in [3.8, 4) is 0 Å². The van der Waals surface area contributed by atoms with Crippen molar-refractivity contribution in [2.75, 3.05) is 6.54 Å². The second-order valence-corrected chi connectivity index (χ2v) is 9.45. The lowest BCUT2D eigenvalue weighted by Gasteiger charge is -2.33. The molecule has 1 aromatic rings. The highest BCUT2D eigenvalue weighted by molar-refractivity contribution is 5.91. The summed E-state index contributed by atoms with van der Waals surface area (Å²) in [5.41, 5.74) is 0.105. The molecule has 1 aliphatic carbocycles. The first-order valence-electron chi connectivity index (χ1n) is 11.2. The maximum Gasteiger partial charge on any atom is 0.408 e. The Balaban J connectivity index is 2.24. The van der Waals surface area contributed by atoms with Crippen molar-refractivity contribution in [2.24, 2.45) is 5.92 Å². The Bertz CT molecular complexity index is 760. The van der Waals surface area contributed by atoms with E-state index in [1.54, 1.807) is 25.7 Å². The highest BCUT2D eigenvalue weighted by Gasteiger charge is 2.46. The number of nitrogens with zero attached hydrogens (tertiary/aromatic N) is 1. The maximum absolute atomic E-state index is 13.3. The fourth-order valence-corrected chi connectivity index (χ4v) is 3.66. The first-order valence-corrected chi connectivity index (χ1v) is 11.2. The fourth-order valence-electron chi connectivity index (χ4n) is 3.66. The van der Waals surface area contributed by atoms with Gasteiger partial charge in [0.15, 0.2) is 0 Å². The van der Waals surface area contributed by atoms with Gasteiger partial charge in [0.2, 0.25) is 11.8 Å². The molecule has 0 saturated heterocycles. The number of alkyl carbamates (subject to hydrolysis) is 1. The summed E-state index contributed by atoms with van der Waals surface area (Å²) in [7, 11) is 0. The van der Waals surface area contributed by atoms with E-state index in [0.29, 0.717) is 5.92 Å². The van der Waals surface area contributed by atoms with Crippen LogP contribution >= 0.6 is 0 Å². The average Bonchev–Trinajstić information content (AvgIpc) is 3.39. The Hall–Kier alpha value is -2.57. The normalized spacial score (nSPS) is 19.7. The summed E-state index contributed by atoms with van der Waals surface area (Å²) in [4.78, 5) is 40.3. The minimum atomic E-state index is -0.747. The number of hydrogen-bond acceptors (Lipinski definition) is 4. The molecule has 2 N–H and O–H groups in total. The van der Waals surface area contributed by atoms with Crippen LogP contribution in [0.5, 0.6) is 0 Å². The van der Waals surface area contributed by atoms with Crippen LogP contribution in [-0.2, 0) is 14.3 Å². The van der Waals surface area contributed by atoms with Gasteiger partial charge in [0.05, 0.1) is 0 Å². The van der Waals surface area contributed by atoms with E-state index in [2.05, 4.69) is 24.5 Å². The molecule has 1 aromatic carbocycles. The minimum absolute atomic E-state index is 0.0113. The van der Waals surface area contributed by atoms with Gasteiger partial charge in [0, 0.05) is 12.1 Å². The maximum atomic E-state index is 13.3. The number of carbonyl (C=O) groups excluding carboxylic acids is 3. The molecule has 4 atom stereocenters. The molecule has 172 valence electrons. The van der Waals surface area contributed by atoms with E-state index in [9.17, 15) is 14.4 Å². The first-order chi connectivity index (χ1) is 14.5. The van der Waals surface area contributed by atoms with Crippen LogP contribution in [0.1, 0.15) is 72.4 Å². The molecule has 1 fully saturated rings. The minimum Gasteiger partial charge on any atom is -0.444 e. The summed E-state index contributed by atoms with van der Waals surface area (Å²) in [6.45, 7) is 11.2. The van der Waals surface area contributed by atoms with Crippen molar-refractivity contribution in [1.82, 2.24) is 15.5 Å². The molecule has 0 aliphatic heterocycles. The Labute approximate surface area is 185 Å². The van der Waals surface area contributed by atoms with Gasteiger partial charge in [-0.3, -0.25) is 9.59 Å². The molecule has 0 spiro atoms. The molecule has 1 saturated carbocycles. The second-order valence-electron chi connectivity index (χ2n) is 9.45. The van der Waals surface area contributed by atoms with Gasteiger partial charge in [-0.2, -0.15) is 0 Å². The van der Waals surface area contributed by atoms with E-state index in [4.69, 9.17) is 4.74 Å². The van der Waals surface area contributed by atoms with Crippen LogP contribution in [0.25, 0.3) is 0 Å². The van der Waals surface area contributed by atoms with Gasteiger partial charge < -0.3 is 20.3 Å². The number of rotatable bonds is 9. The predicted octanol–water partition coefficient (Wildman–Crippen LogP) is 3.79. The molecule has 3 amide bonds. The summed E-state index contributed by atoms with van der Waals surface area (Å²) in [5.74, 6) is -0.193. The van der Waals surface area contributed by atoms with E-state index in [0.717, 1.165) is 24.8 Å². The summed E-state index contributed by atoms with van der Waals surface area (Å²) in [6, 6.07) is 8.57. The average molecular weight is 432 g/mol. The van der Waals surface area contributed by atoms with Crippen LogP contribution < -0.4 is 10.6 Å². The van der Waals surface area contributed by atoms with E-state index in [-0.39, 0.29) is 30.4 Å². The van der Waals surface area contributed by atoms with Gasteiger partial charge in [-0.1, -0.05) is 50.6 Å². The smallest absolute Gasteiger partial charge is 0.408 e. The van der Waals surface area contributed by atoms with Crippen LogP contribution in [0.15, 0.2) is 30.3 Å². The summed E-state index contributed by atoms with van der Waals surface area (Å²) < 4.78 is 5.24. The molecule has 31 heavy (non-hydrogen) atoms. The molecule has 7 heteroatoms. The molecule has 0 aromatic heterocycles. The van der Waals surface area contributed by atoms with E-state index in [1.807, 2.05) is 37.3 Å². The zero-order valence-corrected chi connectivity index (χ0v) is 19.6. The van der Waals surface area contributed by atoms with Crippen molar-refractivity contribution < 1.29 is 19.1 Å². The summed E-state index contributed by atoms with van der Waals surface area (Å²) in [5, 5.41) is 5.60. The lowest BCUT2D eigenvalue weighted by atomic mass is 10.0. The third kappa shape index (κ3) is 7.56. The van der Waals surface area contributed by atoms with E-state index < -0.39 is 17.7 Å². The standard InChI is InChI=1S/C24H37N3O4/c1-7-11-17(3)26-22(29)21(18-12-9-8-10-13-18)27(19-14-16(19)2)20(28)15-25-23(30)31-24(4,5)6/h8-10,12-13,16-17,19,21H,7,11,14-15H2,1-6H3,(H,25,30)(H,26,29). The largest absolute Gasteiger partial charge is 0.444 e. The van der Waals surface area contributed by atoms with Crippen molar-refractivity contribution >= 4 is 17.9 Å². The molecule has 0 heterocycles. The Morgan fingerprint density at radius 2 is 1.81 bits per heavy atom. The first kappa shape index (κ1) is 24.7. The zero-order chi connectivity index (χ0) is 23.2. The fraction of sp³-hybridized carbons (Fsp3) is 0.625. The Morgan fingerprint density at radius 3 is 2.32 bits per heavy atom. The van der Waals surface area contributed by atoms with Gasteiger partial charge >= 0.3 is 6.09 Å². The number of ether oxygens (including phenoxy) is 1. The molecule has 2 rings (SSSR count). The van der Waals surface area contributed by atoms with E-state index in [1.165, 1.54) is 0 Å². The predicted molar refractivity (Wildman–Crippen MR) is 120 cm³/mol. The molecule has 0 radical (unpaired) electrons. The third-order valence-electron chi connectivity index (χ3n) is 5.25. The highest BCUT2D eigenvalue weighted by Crippen LogP contribution is 2.40. The molecular formula is C24H37N3O4. The zero-order valence-electron chi connectivity index (χ0n) is 19.6. The lowest BCUT2D eigenvalue weighted by Crippen LogP contribution is -2.50. The van der Waals surface area contributed by atoms with Gasteiger partial charge in [-0.05, 0) is 52.0 Å². The summed E-state index contributed by atoms with van der Waals surface area (Å²) >= 11 is 0. The SMILES string of the molecule is CCCC(C)NC(=O)C(c1ccccc1)N(C(=O)CNC(=O)OC(C)(C)C)C1CC1C. The van der Waals surface area contributed by atoms with Crippen LogP contribution in [0.3, 0.4) is 0 Å². The Kier molecular flexibility index (Phi) is 8.48.